The summed E-state index contributed by atoms with van der Waals surface area (Å²) < 4.78 is 0. The number of amides is 1. The molecule has 2 rings (SSSR count). The second-order valence-corrected chi connectivity index (χ2v) is 6.62. The lowest BCUT2D eigenvalue weighted by Crippen LogP contribution is -2.27. The van der Waals surface area contributed by atoms with E-state index in [-0.39, 0.29) is 11.3 Å². The summed E-state index contributed by atoms with van der Waals surface area (Å²) in [6.07, 6.45) is 4.09. The molecule has 2 aromatic rings. The second kappa shape index (κ2) is 5.13. The summed E-state index contributed by atoms with van der Waals surface area (Å²) >= 11 is 1.28. The van der Waals surface area contributed by atoms with Crippen LogP contribution in [0.15, 0.2) is 12.4 Å². The second-order valence-electron chi connectivity index (χ2n) is 5.62. The molecule has 6 heteroatoms. The fraction of sp³-hybridized carbons (Fsp3) is 0.462. The zero-order valence-corrected chi connectivity index (χ0v) is 12.2. The third-order valence-corrected chi connectivity index (χ3v) is 3.83. The highest BCUT2D eigenvalue weighted by atomic mass is 32.1. The summed E-state index contributed by atoms with van der Waals surface area (Å²) in [4.78, 5) is 21.6. The zero-order valence-electron chi connectivity index (χ0n) is 11.4. The van der Waals surface area contributed by atoms with Gasteiger partial charge in [-0.2, -0.15) is 0 Å². The van der Waals surface area contributed by atoms with Crippen LogP contribution in [0, 0.1) is 5.41 Å². The van der Waals surface area contributed by atoms with Crippen LogP contribution in [-0.2, 0) is 0 Å². The van der Waals surface area contributed by atoms with Crippen LogP contribution in [0.5, 0.6) is 0 Å². The number of hydrogen-bond donors (Lipinski definition) is 2. The Morgan fingerprint density at radius 2 is 2.05 bits per heavy atom. The van der Waals surface area contributed by atoms with Crippen molar-refractivity contribution in [2.45, 2.75) is 27.2 Å². The molecule has 19 heavy (non-hydrogen) atoms. The van der Waals surface area contributed by atoms with E-state index in [1.54, 1.807) is 12.4 Å². The SMILES string of the molecule is CC(C)(C)CCNC(=O)c1sc2nccnc2c1N. The maximum Gasteiger partial charge on any atom is 0.263 e. The van der Waals surface area contributed by atoms with Crippen molar-refractivity contribution in [3.05, 3.63) is 17.3 Å². The molecule has 102 valence electrons. The maximum atomic E-state index is 12.1. The van der Waals surface area contributed by atoms with E-state index in [9.17, 15) is 4.79 Å². The number of carbonyl (C=O) groups excluding carboxylic acids is 1. The average molecular weight is 278 g/mol. The first-order valence-electron chi connectivity index (χ1n) is 6.16. The quantitative estimate of drug-likeness (QED) is 0.903. The molecule has 3 N–H and O–H groups in total. The highest BCUT2D eigenvalue weighted by molar-refractivity contribution is 7.21. The van der Waals surface area contributed by atoms with Crippen molar-refractivity contribution in [1.29, 1.82) is 0 Å². The summed E-state index contributed by atoms with van der Waals surface area (Å²) in [6, 6.07) is 0. The first-order chi connectivity index (χ1) is 8.88. The van der Waals surface area contributed by atoms with Crippen molar-refractivity contribution < 1.29 is 4.79 Å². The number of carbonyl (C=O) groups is 1. The molecule has 2 heterocycles. The van der Waals surface area contributed by atoms with E-state index >= 15 is 0 Å². The number of anilines is 1. The monoisotopic (exact) mass is 278 g/mol. The van der Waals surface area contributed by atoms with E-state index in [0.717, 1.165) is 6.42 Å². The Morgan fingerprint density at radius 1 is 1.37 bits per heavy atom. The van der Waals surface area contributed by atoms with Gasteiger partial charge in [0.1, 0.15) is 15.2 Å². The summed E-state index contributed by atoms with van der Waals surface area (Å²) in [7, 11) is 0. The largest absolute Gasteiger partial charge is 0.396 e. The van der Waals surface area contributed by atoms with E-state index < -0.39 is 0 Å². The Labute approximate surface area is 116 Å². The van der Waals surface area contributed by atoms with Crippen LogP contribution in [0.1, 0.15) is 36.9 Å². The molecule has 0 atom stereocenters. The minimum absolute atomic E-state index is 0.147. The molecule has 0 spiro atoms. The van der Waals surface area contributed by atoms with E-state index in [4.69, 9.17) is 5.73 Å². The van der Waals surface area contributed by atoms with Gasteiger partial charge in [-0.3, -0.25) is 4.79 Å². The van der Waals surface area contributed by atoms with Crippen molar-refractivity contribution in [3.63, 3.8) is 0 Å². The van der Waals surface area contributed by atoms with Crippen molar-refractivity contribution in [2.75, 3.05) is 12.3 Å². The highest BCUT2D eigenvalue weighted by Crippen LogP contribution is 2.30. The zero-order chi connectivity index (χ0) is 14.0. The van der Waals surface area contributed by atoms with E-state index in [0.29, 0.717) is 27.5 Å². The molecular formula is C13H18N4OS. The number of nitrogen functional groups attached to an aromatic ring is 1. The van der Waals surface area contributed by atoms with Crippen LogP contribution in [0.2, 0.25) is 0 Å². The lowest BCUT2D eigenvalue weighted by atomic mass is 9.92. The predicted octanol–water partition coefficient (Wildman–Crippen LogP) is 2.44. The van der Waals surface area contributed by atoms with E-state index in [1.165, 1.54) is 11.3 Å². The van der Waals surface area contributed by atoms with Crippen molar-refractivity contribution in [2.24, 2.45) is 5.41 Å². The summed E-state index contributed by atoms with van der Waals surface area (Å²) in [6.45, 7) is 7.05. The molecule has 0 radical (unpaired) electrons. The molecule has 0 aliphatic heterocycles. The van der Waals surface area contributed by atoms with Crippen LogP contribution in [0.25, 0.3) is 10.3 Å². The van der Waals surface area contributed by atoms with Gasteiger partial charge in [0.2, 0.25) is 0 Å². The Morgan fingerprint density at radius 3 is 2.68 bits per heavy atom. The Kier molecular flexibility index (Phi) is 3.71. The van der Waals surface area contributed by atoms with Crippen molar-refractivity contribution in [1.82, 2.24) is 15.3 Å². The summed E-state index contributed by atoms with van der Waals surface area (Å²) in [5.41, 5.74) is 7.16. The fourth-order valence-corrected chi connectivity index (χ4v) is 2.58. The number of rotatable bonds is 3. The minimum Gasteiger partial charge on any atom is -0.396 e. The van der Waals surface area contributed by atoms with Gasteiger partial charge in [-0.1, -0.05) is 20.8 Å². The Balaban J connectivity index is 2.11. The van der Waals surface area contributed by atoms with Gasteiger partial charge >= 0.3 is 0 Å². The standard InChI is InChI=1S/C13H18N4OS/c1-13(2,3)4-5-16-11(18)10-8(14)9-12(19-10)17-7-6-15-9/h6-7H,4-5,14H2,1-3H3,(H,16,18). The van der Waals surface area contributed by atoms with Gasteiger partial charge in [0.15, 0.2) is 0 Å². The number of fused-ring (bicyclic) bond motifs is 1. The molecule has 5 nitrogen and oxygen atoms in total. The van der Waals surface area contributed by atoms with E-state index in [1.807, 2.05) is 0 Å². The number of nitrogens with one attached hydrogen (secondary N) is 1. The van der Waals surface area contributed by atoms with Gasteiger partial charge in [-0.15, -0.1) is 11.3 Å². The third kappa shape index (κ3) is 3.20. The Bertz CT molecular complexity index is 600. The third-order valence-electron chi connectivity index (χ3n) is 2.73. The number of aromatic nitrogens is 2. The molecule has 0 aliphatic rings. The normalized spacial score (nSPS) is 11.7. The molecule has 0 saturated heterocycles. The van der Waals surface area contributed by atoms with Gasteiger partial charge < -0.3 is 11.1 Å². The van der Waals surface area contributed by atoms with Crippen molar-refractivity contribution in [3.8, 4) is 0 Å². The van der Waals surface area contributed by atoms with Crippen molar-refractivity contribution >= 4 is 33.3 Å². The first kappa shape index (κ1) is 13.7. The van der Waals surface area contributed by atoms with Crippen LogP contribution in [0.4, 0.5) is 5.69 Å². The number of hydrogen-bond acceptors (Lipinski definition) is 5. The summed E-state index contributed by atoms with van der Waals surface area (Å²) in [5.74, 6) is -0.147. The number of nitrogens with zero attached hydrogens (tertiary/aromatic N) is 2. The maximum absolute atomic E-state index is 12.1. The first-order valence-corrected chi connectivity index (χ1v) is 6.97. The summed E-state index contributed by atoms with van der Waals surface area (Å²) in [5, 5.41) is 2.89. The Hall–Kier alpha value is -1.69. The van der Waals surface area contributed by atoms with Crippen LogP contribution >= 0.6 is 11.3 Å². The molecule has 0 unspecified atom stereocenters. The number of nitrogens with two attached hydrogens (primary N) is 1. The molecule has 0 aliphatic carbocycles. The highest BCUT2D eigenvalue weighted by Gasteiger charge is 2.18. The molecule has 1 amide bonds. The van der Waals surface area contributed by atoms with Gasteiger partial charge in [0, 0.05) is 18.9 Å². The molecule has 0 bridgehead atoms. The van der Waals surface area contributed by atoms with Gasteiger partial charge in [0.25, 0.3) is 5.91 Å². The van der Waals surface area contributed by atoms with Crippen LogP contribution in [0.3, 0.4) is 0 Å². The smallest absolute Gasteiger partial charge is 0.263 e. The lowest BCUT2D eigenvalue weighted by Gasteiger charge is -2.17. The lowest BCUT2D eigenvalue weighted by molar-refractivity contribution is 0.0954. The minimum atomic E-state index is -0.147. The van der Waals surface area contributed by atoms with Crippen LogP contribution in [-0.4, -0.2) is 22.4 Å². The molecule has 0 saturated carbocycles. The topological polar surface area (TPSA) is 80.9 Å². The molecule has 0 fully saturated rings. The molecule has 0 aromatic carbocycles. The van der Waals surface area contributed by atoms with Gasteiger partial charge in [0.05, 0.1) is 5.69 Å². The van der Waals surface area contributed by atoms with E-state index in [2.05, 4.69) is 36.1 Å². The average Bonchev–Trinajstić information content (AvgIpc) is 2.66. The van der Waals surface area contributed by atoms with Gasteiger partial charge in [-0.25, -0.2) is 9.97 Å². The molecule has 2 aromatic heterocycles. The fourth-order valence-electron chi connectivity index (χ4n) is 1.64. The molecular weight excluding hydrogens is 260 g/mol. The van der Waals surface area contributed by atoms with Gasteiger partial charge in [-0.05, 0) is 11.8 Å². The van der Waals surface area contributed by atoms with Crippen LogP contribution < -0.4 is 11.1 Å². The number of thiophene rings is 1. The predicted molar refractivity (Wildman–Crippen MR) is 78.2 cm³/mol.